The lowest BCUT2D eigenvalue weighted by Crippen LogP contribution is -2.44. The number of hydrogen-bond acceptors (Lipinski definition) is 10. The van der Waals surface area contributed by atoms with Gasteiger partial charge in [0, 0.05) is 74.0 Å². The second kappa shape index (κ2) is 16.6. The van der Waals surface area contributed by atoms with Crippen LogP contribution < -0.4 is 30.2 Å². The molecule has 3 N–H and O–H groups in total. The Labute approximate surface area is 327 Å². The van der Waals surface area contributed by atoms with E-state index in [1.165, 1.54) is 7.11 Å². The van der Waals surface area contributed by atoms with E-state index in [0.717, 1.165) is 48.7 Å². The minimum Gasteiger partial charge on any atom is -0.481 e. The first-order valence-corrected chi connectivity index (χ1v) is 19.0. The summed E-state index contributed by atoms with van der Waals surface area (Å²) in [4.78, 5) is 38.8. The summed E-state index contributed by atoms with van der Waals surface area (Å²) in [5.41, 5.74) is 4.11. The smallest absolute Gasteiger partial charge is 0.421 e. The summed E-state index contributed by atoms with van der Waals surface area (Å²) in [5, 5.41) is 9.73. The van der Waals surface area contributed by atoms with Gasteiger partial charge in [-0.15, -0.1) is 0 Å². The van der Waals surface area contributed by atoms with Gasteiger partial charge in [0.25, 0.3) is 0 Å². The molecule has 3 aliphatic rings. The summed E-state index contributed by atoms with van der Waals surface area (Å²) < 4.78 is 60.6. The van der Waals surface area contributed by atoms with E-state index in [1.54, 1.807) is 26.3 Å². The number of nitrogens with zero attached hydrogens (tertiary/aromatic N) is 4. The first kappa shape index (κ1) is 39.3. The predicted octanol–water partition coefficient (Wildman–Crippen LogP) is 6.39. The Kier molecular flexibility index (Phi) is 11.7. The van der Waals surface area contributed by atoms with Crippen LogP contribution in [0.3, 0.4) is 0 Å². The number of methoxy groups -OCH3 is 2. The summed E-state index contributed by atoms with van der Waals surface area (Å²) in [6, 6.07) is 12.4. The maximum absolute atomic E-state index is 14.5. The Morgan fingerprint density at radius 1 is 0.929 bits per heavy atom. The molecule has 2 amide bonds. The van der Waals surface area contributed by atoms with E-state index < -0.39 is 23.7 Å². The first-order chi connectivity index (χ1) is 26.9. The van der Waals surface area contributed by atoms with E-state index in [2.05, 4.69) is 25.9 Å². The van der Waals surface area contributed by atoms with Gasteiger partial charge < -0.3 is 29.7 Å². The highest BCUT2D eigenvalue weighted by molar-refractivity contribution is 6.35. The molecule has 12 nitrogen and oxygen atoms in total. The summed E-state index contributed by atoms with van der Waals surface area (Å²) >= 11 is 7.08. The number of aromatic nitrogens is 3. The number of hydrogen-bond donors (Lipinski definition) is 3. The third-order valence-corrected chi connectivity index (χ3v) is 11.0. The van der Waals surface area contributed by atoms with Crippen molar-refractivity contribution in [2.24, 2.45) is 0 Å². The fourth-order valence-corrected chi connectivity index (χ4v) is 7.94. The maximum atomic E-state index is 14.5. The standard InChI is InChI=1S/C40H43ClF3N7O5/c1-22(52)51-17-14-25(15-18-51)46-20-23-7-9-31(48-37(23)54-2)29-13-16-45-36(35(29)41)28-6-4-5-27-26(28)8-10-32(27)56-39-30(40(42,43)44)19-24(38(50-39)55-3)21-47-33-11-12-34(53)49-33/h4-7,9,13,16,19,25,32-33,46-47H,8,10-12,14-15,17-18,20-21H2,1-3H3,(H,49,53)/t32-,33+/m0/s1. The number of ether oxygens (including phenoxy) is 3. The number of halogens is 4. The van der Waals surface area contributed by atoms with E-state index in [4.69, 9.17) is 30.8 Å². The van der Waals surface area contributed by atoms with Crippen LogP contribution in [-0.4, -0.2) is 71.2 Å². The summed E-state index contributed by atoms with van der Waals surface area (Å²) in [7, 11) is 2.91. The monoisotopic (exact) mass is 793 g/mol. The molecule has 296 valence electrons. The van der Waals surface area contributed by atoms with Gasteiger partial charge in [0.05, 0.1) is 36.8 Å². The molecule has 2 fully saturated rings. The highest BCUT2D eigenvalue weighted by Gasteiger charge is 2.39. The van der Waals surface area contributed by atoms with Crippen LogP contribution in [0, 0.1) is 0 Å². The minimum absolute atomic E-state index is 0.0000763. The molecule has 2 atom stereocenters. The number of pyridine rings is 3. The van der Waals surface area contributed by atoms with Crippen LogP contribution in [0.25, 0.3) is 22.5 Å². The minimum atomic E-state index is -4.76. The quantitative estimate of drug-likeness (QED) is 0.148. The van der Waals surface area contributed by atoms with Crippen LogP contribution >= 0.6 is 11.6 Å². The number of likely N-dealkylation sites (tertiary alicyclic amines) is 1. The van der Waals surface area contributed by atoms with Crippen LogP contribution in [0.1, 0.15) is 72.9 Å². The molecular weight excluding hydrogens is 751 g/mol. The summed E-state index contributed by atoms with van der Waals surface area (Å²) in [5.74, 6) is -0.150. The Balaban J connectivity index is 1.11. The van der Waals surface area contributed by atoms with Gasteiger partial charge in [-0.25, -0.2) is 4.98 Å². The molecule has 4 aromatic rings. The Morgan fingerprint density at radius 3 is 2.38 bits per heavy atom. The van der Waals surface area contributed by atoms with Crippen molar-refractivity contribution in [3.63, 3.8) is 0 Å². The molecule has 56 heavy (non-hydrogen) atoms. The van der Waals surface area contributed by atoms with Gasteiger partial charge >= 0.3 is 6.18 Å². The number of carbonyl (C=O) groups excluding carboxylic acids is 2. The average molecular weight is 794 g/mol. The molecule has 1 aliphatic carbocycles. The van der Waals surface area contributed by atoms with Crippen molar-refractivity contribution in [1.82, 2.24) is 35.8 Å². The molecule has 0 radical (unpaired) electrons. The van der Waals surface area contributed by atoms with Crippen LogP contribution in [0.2, 0.25) is 5.02 Å². The van der Waals surface area contributed by atoms with Crippen molar-refractivity contribution in [3.05, 3.63) is 81.5 Å². The number of rotatable bonds is 12. The van der Waals surface area contributed by atoms with Crippen LogP contribution in [0.15, 0.2) is 48.7 Å². The molecule has 2 saturated heterocycles. The lowest BCUT2D eigenvalue weighted by atomic mass is 9.98. The van der Waals surface area contributed by atoms with Gasteiger partial charge in [-0.1, -0.05) is 35.9 Å². The lowest BCUT2D eigenvalue weighted by Gasteiger charge is -2.31. The highest BCUT2D eigenvalue weighted by Crippen LogP contribution is 2.45. The van der Waals surface area contributed by atoms with Crippen molar-refractivity contribution >= 4 is 23.4 Å². The number of benzene rings is 1. The van der Waals surface area contributed by atoms with Gasteiger partial charge in [0.2, 0.25) is 29.5 Å². The average Bonchev–Trinajstić information content (AvgIpc) is 3.81. The normalized spacial score (nSPS) is 18.5. The Hall–Kier alpha value is -4.99. The molecule has 0 unspecified atom stereocenters. The van der Waals surface area contributed by atoms with E-state index in [1.807, 2.05) is 35.2 Å². The van der Waals surface area contributed by atoms with Crippen molar-refractivity contribution in [2.75, 3.05) is 27.3 Å². The van der Waals surface area contributed by atoms with E-state index in [0.29, 0.717) is 65.6 Å². The Morgan fingerprint density at radius 2 is 1.68 bits per heavy atom. The van der Waals surface area contributed by atoms with Crippen molar-refractivity contribution < 1.29 is 37.0 Å². The molecule has 16 heteroatoms. The molecule has 5 heterocycles. The van der Waals surface area contributed by atoms with Crippen molar-refractivity contribution in [3.8, 4) is 40.2 Å². The number of carbonyl (C=O) groups is 2. The fourth-order valence-electron chi connectivity index (χ4n) is 7.63. The van der Waals surface area contributed by atoms with Gasteiger partial charge in [0.15, 0.2) is 0 Å². The van der Waals surface area contributed by atoms with Crippen LogP contribution in [0.4, 0.5) is 13.2 Å². The van der Waals surface area contributed by atoms with E-state index >= 15 is 0 Å². The van der Waals surface area contributed by atoms with Gasteiger partial charge in [-0.3, -0.25) is 19.9 Å². The second-order valence-electron chi connectivity index (χ2n) is 14.1. The number of amides is 2. The number of alkyl halides is 3. The predicted molar refractivity (Wildman–Crippen MR) is 202 cm³/mol. The molecular formula is C40H43ClF3N7O5. The van der Waals surface area contributed by atoms with Gasteiger partial charge in [-0.05, 0) is 61.4 Å². The lowest BCUT2D eigenvalue weighted by molar-refractivity contribution is -0.139. The SMILES string of the molecule is COc1nc(-c2ccnc(-c3cccc4c3CC[C@@H]4Oc3nc(OC)c(CN[C@H]4CCC(=O)N4)cc3C(F)(F)F)c2Cl)ccc1CNC1CCN(C(C)=O)CC1. The molecule has 1 aromatic carbocycles. The molecule has 2 aliphatic heterocycles. The van der Waals surface area contributed by atoms with E-state index in [9.17, 15) is 22.8 Å². The van der Waals surface area contributed by atoms with Crippen molar-refractivity contribution in [2.45, 2.75) is 83.0 Å². The fraction of sp³-hybridized carbons (Fsp3) is 0.425. The largest absolute Gasteiger partial charge is 0.481 e. The zero-order valence-electron chi connectivity index (χ0n) is 31.3. The first-order valence-electron chi connectivity index (χ1n) is 18.6. The Bertz CT molecular complexity index is 2110. The molecule has 3 aromatic heterocycles. The maximum Gasteiger partial charge on any atom is 0.421 e. The number of fused-ring (bicyclic) bond motifs is 1. The number of nitrogens with one attached hydrogen (secondary N) is 3. The van der Waals surface area contributed by atoms with Gasteiger partial charge in [0.1, 0.15) is 11.7 Å². The zero-order chi connectivity index (χ0) is 39.6. The molecule has 0 bridgehead atoms. The topological polar surface area (TPSA) is 140 Å². The molecule has 7 rings (SSSR count). The third kappa shape index (κ3) is 8.39. The van der Waals surface area contributed by atoms with Crippen molar-refractivity contribution in [1.29, 1.82) is 0 Å². The summed E-state index contributed by atoms with van der Waals surface area (Å²) in [6.07, 6.45) is -0.667. The van der Waals surface area contributed by atoms with Gasteiger partial charge in [-0.2, -0.15) is 18.2 Å². The highest BCUT2D eigenvalue weighted by atomic mass is 35.5. The summed E-state index contributed by atoms with van der Waals surface area (Å²) in [6.45, 7) is 3.60. The van der Waals surface area contributed by atoms with Crippen LogP contribution in [-0.2, 0) is 35.3 Å². The van der Waals surface area contributed by atoms with E-state index in [-0.39, 0.29) is 42.0 Å². The third-order valence-electron chi connectivity index (χ3n) is 10.6. The second-order valence-corrected chi connectivity index (χ2v) is 14.5. The number of piperidine rings is 1. The molecule has 0 saturated carbocycles. The molecule has 0 spiro atoms. The zero-order valence-corrected chi connectivity index (χ0v) is 32.0. The van der Waals surface area contributed by atoms with Crippen LogP contribution in [0.5, 0.6) is 17.6 Å².